The third-order valence-corrected chi connectivity index (χ3v) is 4.23. The molecule has 0 unspecified atom stereocenters. The fourth-order valence-electron chi connectivity index (χ4n) is 2.26. The summed E-state index contributed by atoms with van der Waals surface area (Å²) in [5.74, 6) is -1.24. The van der Waals surface area contributed by atoms with Gasteiger partial charge in [-0.1, -0.05) is 58.4 Å². The summed E-state index contributed by atoms with van der Waals surface area (Å²) in [5.41, 5.74) is 5.90. The van der Waals surface area contributed by atoms with Gasteiger partial charge in [-0.25, -0.2) is 0 Å². The maximum Gasteiger partial charge on any atom is 0.282 e. The van der Waals surface area contributed by atoms with Gasteiger partial charge >= 0.3 is 0 Å². The zero-order chi connectivity index (χ0) is 20.4. The highest BCUT2D eigenvalue weighted by molar-refractivity contribution is 9.10. The van der Waals surface area contributed by atoms with Crippen molar-refractivity contribution >= 4 is 33.5 Å². The van der Waals surface area contributed by atoms with E-state index in [2.05, 4.69) is 32.0 Å². The number of benzene rings is 2. The minimum absolute atomic E-state index is 0.0909. The second-order valence-corrected chi connectivity index (χ2v) is 6.83. The van der Waals surface area contributed by atoms with Crippen LogP contribution in [-0.4, -0.2) is 22.9 Å². The van der Waals surface area contributed by atoms with Crippen molar-refractivity contribution in [2.45, 2.75) is 12.5 Å². The fourth-order valence-corrected chi connectivity index (χ4v) is 2.52. The quantitative estimate of drug-likeness (QED) is 0.627. The maximum absolute atomic E-state index is 11.9. The minimum Gasteiger partial charge on any atom is -0.545 e. The zero-order valence-electron chi connectivity index (χ0n) is 15.0. The van der Waals surface area contributed by atoms with Crippen LogP contribution >= 0.6 is 15.9 Å². The van der Waals surface area contributed by atoms with Crippen molar-refractivity contribution < 1.29 is 20.4 Å². The van der Waals surface area contributed by atoms with Gasteiger partial charge in [0.15, 0.2) is 6.04 Å². The molecule has 7 heteroatoms. The van der Waals surface area contributed by atoms with Crippen LogP contribution in [0.5, 0.6) is 0 Å². The van der Waals surface area contributed by atoms with E-state index in [1.54, 1.807) is 36.7 Å². The summed E-state index contributed by atoms with van der Waals surface area (Å²) < 4.78 is 0.859. The summed E-state index contributed by atoms with van der Waals surface area (Å²) in [6, 6.07) is 19.4. The lowest BCUT2D eigenvalue weighted by atomic mass is 10.1. The molecule has 0 aliphatic heterocycles. The smallest absolute Gasteiger partial charge is 0.282 e. The number of aromatic nitrogens is 1. The highest BCUT2D eigenvalue weighted by Crippen LogP contribution is 2.09. The van der Waals surface area contributed by atoms with Crippen molar-refractivity contribution in [2.75, 3.05) is 5.32 Å². The van der Waals surface area contributed by atoms with E-state index in [1.165, 1.54) is 12.1 Å². The Morgan fingerprint density at radius 3 is 2.29 bits per heavy atom. The number of rotatable bonds is 5. The number of carbonyl (C=O) groups is 2. The van der Waals surface area contributed by atoms with Gasteiger partial charge in [-0.3, -0.25) is 9.78 Å². The van der Waals surface area contributed by atoms with Gasteiger partial charge in [0.25, 0.3) is 5.91 Å². The average Bonchev–Trinajstić information content (AvgIpc) is 2.70. The van der Waals surface area contributed by atoms with Crippen LogP contribution in [0.4, 0.5) is 5.69 Å². The van der Waals surface area contributed by atoms with Crippen LogP contribution in [0.25, 0.3) is 0 Å². The van der Waals surface area contributed by atoms with Gasteiger partial charge in [-0.15, -0.1) is 0 Å². The number of carboxylic acids is 1. The Morgan fingerprint density at radius 2 is 1.71 bits per heavy atom. The normalized spacial score (nSPS) is 10.9. The molecule has 0 aliphatic carbocycles. The monoisotopic (exact) mass is 441 g/mol. The molecule has 1 atom stereocenters. The molecule has 3 rings (SSSR count). The van der Waals surface area contributed by atoms with E-state index >= 15 is 0 Å². The molecule has 3 aromatic rings. The first-order valence-electron chi connectivity index (χ1n) is 8.50. The largest absolute Gasteiger partial charge is 0.545 e. The van der Waals surface area contributed by atoms with E-state index in [-0.39, 0.29) is 17.5 Å². The van der Waals surface area contributed by atoms with Gasteiger partial charge in [0.05, 0.1) is 17.9 Å². The molecule has 0 saturated carbocycles. The van der Waals surface area contributed by atoms with Crippen LogP contribution in [0.3, 0.4) is 0 Å². The summed E-state index contributed by atoms with van der Waals surface area (Å²) in [7, 11) is 0. The topological polar surface area (TPSA) is 110 Å². The number of nitrogens with zero attached hydrogens (tertiary/aromatic N) is 1. The third kappa shape index (κ3) is 7.30. The van der Waals surface area contributed by atoms with Gasteiger partial charge < -0.3 is 21.0 Å². The molecule has 0 spiro atoms. The molecule has 144 valence electrons. The fraction of sp³-hybridized carbons (Fsp3) is 0.0952. The van der Waals surface area contributed by atoms with Crippen molar-refractivity contribution in [2.24, 2.45) is 0 Å². The Kier molecular flexibility index (Phi) is 8.33. The second kappa shape index (κ2) is 11.0. The standard InChI is InChI=1S/C14H15N3O.C7H5BrO2/c15-13(9-11-5-2-1-3-6-11)14(18)17-12-7-4-8-16-10-12;8-6-3-1-5(2-4-6)7(9)10/h1-8,10,13H,9,15H2,(H,17,18);1-4H,(H,9,10)/t13-;/m0./s1. The lowest BCUT2D eigenvalue weighted by Gasteiger charge is -2.09. The number of nitrogens with one attached hydrogen (secondary N) is 1. The predicted molar refractivity (Wildman–Crippen MR) is 108 cm³/mol. The van der Waals surface area contributed by atoms with E-state index < -0.39 is 5.97 Å². The molecule has 4 N–H and O–H groups in total. The molecule has 0 radical (unpaired) electrons. The Balaban J connectivity index is 0.000000237. The van der Waals surface area contributed by atoms with E-state index in [0.29, 0.717) is 12.1 Å². The molecule has 1 heterocycles. The maximum atomic E-state index is 11.9. The number of hydrogen-bond acceptors (Lipinski definition) is 4. The van der Waals surface area contributed by atoms with Crippen LogP contribution in [-0.2, 0) is 11.2 Å². The number of hydrogen-bond donors (Lipinski definition) is 2. The van der Waals surface area contributed by atoms with E-state index in [1.807, 2.05) is 30.3 Å². The third-order valence-electron chi connectivity index (χ3n) is 3.70. The van der Waals surface area contributed by atoms with Gasteiger partial charge in [-0.2, -0.15) is 0 Å². The Hall–Kier alpha value is -3.03. The lowest BCUT2D eigenvalue weighted by Crippen LogP contribution is -2.67. The molecule has 0 fully saturated rings. The van der Waals surface area contributed by atoms with Crippen LogP contribution in [0.1, 0.15) is 15.9 Å². The molecular formula is C21H20BrN3O3. The first-order chi connectivity index (χ1) is 13.5. The van der Waals surface area contributed by atoms with E-state index in [9.17, 15) is 14.7 Å². The van der Waals surface area contributed by atoms with Crippen molar-refractivity contribution in [1.82, 2.24) is 4.98 Å². The first-order valence-corrected chi connectivity index (χ1v) is 9.30. The predicted octanol–water partition coefficient (Wildman–Crippen LogP) is 1.69. The molecule has 28 heavy (non-hydrogen) atoms. The van der Waals surface area contributed by atoms with Gasteiger partial charge in [0, 0.05) is 17.1 Å². The van der Waals surface area contributed by atoms with Gasteiger partial charge in [0.2, 0.25) is 0 Å². The first kappa shape index (κ1) is 21.3. The highest BCUT2D eigenvalue weighted by Gasteiger charge is 2.17. The lowest BCUT2D eigenvalue weighted by molar-refractivity contribution is -0.402. The Bertz CT molecular complexity index is 888. The van der Waals surface area contributed by atoms with Crippen molar-refractivity contribution in [3.05, 3.63) is 94.7 Å². The Morgan fingerprint density at radius 1 is 1.04 bits per heavy atom. The molecule has 6 nitrogen and oxygen atoms in total. The van der Waals surface area contributed by atoms with E-state index in [0.717, 1.165) is 10.0 Å². The molecule has 0 saturated heterocycles. The molecule has 1 aromatic heterocycles. The second-order valence-electron chi connectivity index (χ2n) is 5.91. The summed E-state index contributed by atoms with van der Waals surface area (Å²) in [4.78, 5) is 26.0. The van der Waals surface area contributed by atoms with Crippen molar-refractivity contribution in [3.8, 4) is 0 Å². The van der Waals surface area contributed by atoms with Crippen LogP contribution < -0.4 is 16.2 Å². The number of quaternary nitrogens is 1. The molecule has 0 bridgehead atoms. The van der Waals surface area contributed by atoms with Crippen LogP contribution in [0.15, 0.2) is 83.6 Å². The Labute approximate surface area is 171 Å². The molecular weight excluding hydrogens is 422 g/mol. The average molecular weight is 442 g/mol. The summed E-state index contributed by atoms with van der Waals surface area (Å²) in [6.07, 6.45) is 3.92. The summed E-state index contributed by atoms with van der Waals surface area (Å²) in [6.45, 7) is 0. The number of halogens is 1. The van der Waals surface area contributed by atoms with Crippen LogP contribution in [0, 0.1) is 0 Å². The number of amides is 1. The summed E-state index contributed by atoms with van der Waals surface area (Å²) >= 11 is 3.18. The van der Waals surface area contributed by atoms with Crippen LogP contribution in [0.2, 0.25) is 0 Å². The minimum atomic E-state index is -1.15. The number of carbonyl (C=O) groups excluding carboxylic acids is 2. The summed E-state index contributed by atoms with van der Waals surface area (Å²) in [5, 5.41) is 13.0. The molecule has 1 amide bonds. The van der Waals surface area contributed by atoms with Gasteiger partial charge in [0.1, 0.15) is 0 Å². The SMILES string of the molecule is O=C([O-])c1ccc(Br)cc1.[NH3+][C@@H](Cc1ccccc1)C(=O)Nc1cccnc1. The molecule has 2 aromatic carbocycles. The number of pyridine rings is 1. The van der Waals surface area contributed by atoms with Crippen molar-refractivity contribution in [1.29, 1.82) is 0 Å². The number of anilines is 1. The van der Waals surface area contributed by atoms with E-state index in [4.69, 9.17) is 0 Å². The zero-order valence-corrected chi connectivity index (χ0v) is 16.6. The molecule has 0 aliphatic rings. The number of carboxylic acid groups (broad SMARTS) is 1. The van der Waals surface area contributed by atoms with Crippen molar-refractivity contribution in [3.63, 3.8) is 0 Å². The highest BCUT2D eigenvalue weighted by atomic mass is 79.9. The number of aromatic carboxylic acids is 1. The van der Waals surface area contributed by atoms with Gasteiger partial charge in [-0.05, 0) is 35.4 Å².